The molecule has 0 saturated heterocycles. The van der Waals surface area contributed by atoms with Gasteiger partial charge in [-0.15, -0.1) is 0 Å². The van der Waals surface area contributed by atoms with Crippen LogP contribution in [0.4, 0.5) is 11.5 Å². The smallest absolute Gasteiger partial charge is 0.263 e. The Morgan fingerprint density at radius 3 is 2.60 bits per heavy atom. The van der Waals surface area contributed by atoms with E-state index < -0.39 is 10.0 Å². The number of hydrogen-bond donors (Lipinski definition) is 3. The number of halogens is 1. The highest BCUT2D eigenvalue weighted by molar-refractivity contribution is 7.92. The molecule has 1 heterocycles. The molecule has 0 bridgehead atoms. The van der Waals surface area contributed by atoms with Crippen molar-refractivity contribution in [1.29, 1.82) is 0 Å². The van der Waals surface area contributed by atoms with Crippen LogP contribution in [-0.4, -0.2) is 13.4 Å². The molecule has 0 aliphatic rings. The van der Waals surface area contributed by atoms with Crippen molar-refractivity contribution in [2.75, 3.05) is 10.1 Å². The average molecular weight is 313 g/mol. The molecule has 0 aliphatic carbocycles. The zero-order valence-corrected chi connectivity index (χ0v) is 12.2. The molecule has 8 heteroatoms. The van der Waals surface area contributed by atoms with Gasteiger partial charge in [-0.05, 0) is 36.8 Å². The summed E-state index contributed by atoms with van der Waals surface area (Å²) in [5, 5.41) is 0.453. The number of anilines is 2. The first kappa shape index (κ1) is 14.6. The maximum atomic E-state index is 12.2. The second-order valence-corrected chi connectivity index (χ2v) is 6.21. The number of nitrogens with one attached hydrogen (secondary N) is 2. The number of benzene rings is 1. The first-order valence-corrected chi connectivity index (χ1v) is 7.50. The highest BCUT2D eigenvalue weighted by Gasteiger charge is 2.16. The zero-order chi connectivity index (χ0) is 14.8. The van der Waals surface area contributed by atoms with Gasteiger partial charge in [0.25, 0.3) is 10.0 Å². The number of hydrazine groups is 1. The normalized spacial score (nSPS) is 11.2. The number of nitrogen functional groups attached to an aromatic ring is 1. The number of nitrogens with two attached hydrogens (primary N) is 1. The van der Waals surface area contributed by atoms with E-state index in [1.165, 1.54) is 18.3 Å². The minimum Gasteiger partial charge on any atom is -0.308 e. The van der Waals surface area contributed by atoms with Gasteiger partial charge in [0.1, 0.15) is 10.7 Å². The van der Waals surface area contributed by atoms with E-state index in [1.54, 1.807) is 25.1 Å². The molecule has 0 amide bonds. The number of pyridine rings is 1. The van der Waals surface area contributed by atoms with Gasteiger partial charge < -0.3 is 5.43 Å². The Morgan fingerprint density at radius 2 is 2.00 bits per heavy atom. The number of aromatic nitrogens is 1. The standard InChI is InChI=1S/C12H13ClN4O2S/c1-8-2-3-9(13)6-11(8)17-20(18,19)10-4-5-12(16-14)15-7-10/h2-7,17H,14H2,1H3,(H,15,16). The molecule has 0 saturated carbocycles. The van der Waals surface area contributed by atoms with Crippen molar-refractivity contribution in [2.45, 2.75) is 11.8 Å². The van der Waals surface area contributed by atoms with Crippen LogP contribution in [0.15, 0.2) is 41.4 Å². The van der Waals surface area contributed by atoms with E-state index in [0.29, 0.717) is 16.5 Å². The summed E-state index contributed by atoms with van der Waals surface area (Å²) in [7, 11) is -3.72. The molecule has 0 atom stereocenters. The van der Waals surface area contributed by atoms with Crippen molar-refractivity contribution < 1.29 is 8.42 Å². The quantitative estimate of drug-likeness (QED) is 0.593. The predicted molar refractivity (Wildman–Crippen MR) is 79.0 cm³/mol. The summed E-state index contributed by atoms with van der Waals surface area (Å²) >= 11 is 5.86. The molecular formula is C12H13ClN4O2S. The maximum Gasteiger partial charge on any atom is 0.263 e. The van der Waals surface area contributed by atoms with Crippen LogP contribution in [-0.2, 0) is 10.0 Å². The highest BCUT2D eigenvalue weighted by Crippen LogP contribution is 2.23. The van der Waals surface area contributed by atoms with E-state index in [-0.39, 0.29) is 4.90 Å². The minimum absolute atomic E-state index is 0.0378. The topological polar surface area (TPSA) is 97.1 Å². The SMILES string of the molecule is Cc1ccc(Cl)cc1NS(=O)(=O)c1ccc(NN)nc1. The molecule has 1 aromatic heterocycles. The fraction of sp³-hybridized carbons (Fsp3) is 0.0833. The van der Waals surface area contributed by atoms with E-state index in [2.05, 4.69) is 15.1 Å². The lowest BCUT2D eigenvalue weighted by molar-refractivity contribution is 0.601. The van der Waals surface area contributed by atoms with E-state index in [4.69, 9.17) is 17.4 Å². The van der Waals surface area contributed by atoms with Gasteiger partial charge in [0.2, 0.25) is 0 Å². The van der Waals surface area contributed by atoms with Crippen molar-refractivity contribution in [1.82, 2.24) is 4.98 Å². The van der Waals surface area contributed by atoms with Crippen molar-refractivity contribution in [3.05, 3.63) is 47.1 Å². The summed E-state index contributed by atoms with van der Waals surface area (Å²) in [4.78, 5) is 3.90. The number of aryl methyl sites for hydroxylation is 1. The van der Waals surface area contributed by atoms with E-state index in [1.807, 2.05) is 0 Å². The van der Waals surface area contributed by atoms with Crippen LogP contribution in [0.2, 0.25) is 5.02 Å². The van der Waals surface area contributed by atoms with Gasteiger partial charge in [-0.3, -0.25) is 4.72 Å². The lowest BCUT2D eigenvalue weighted by atomic mass is 10.2. The van der Waals surface area contributed by atoms with Crippen LogP contribution < -0.4 is 16.0 Å². The lowest BCUT2D eigenvalue weighted by Crippen LogP contribution is -2.15. The fourth-order valence-corrected chi connectivity index (χ4v) is 2.77. The Hall–Kier alpha value is -1.83. The summed E-state index contributed by atoms with van der Waals surface area (Å²) in [6, 6.07) is 7.86. The third kappa shape index (κ3) is 3.19. The molecule has 2 rings (SSSR count). The molecule has 0 unspecified atom stereocenters. The van der Waals surface area contributed by atoms with Crippen molar-refractivity contribution in [3.63, 3.8) is 0 Å². The van der Waals surface area contributed by atoms with Crippen molar-refractivity contribution in [2.24, 2.45) is 5.84 Å². The fourth-order valence-electron chi connectivity index (χ4n) is 1.53. The van der Waals surface area contributed by atoms with E-state index in [0.717, 1.165) is 5.56 Å². The molecule has 4 N–H and O–H groups in total. The Balaban J connectivity index is 2.32. The number of hydrogen-bond acceptors (Lipinski definition) is 5. The summed E-state index contributed by atoms with van der Waals surface area (Å²) < 4.78 is 26.9. The van der Waals surface area contributed by atoms with Gasteiger partial charge >= 0.3 is 0 Å². The van der Waals surface area contributed by atoms with Crippen LogP contribution in [0.5, 0.6) is 0 Å². The Bertz CT molecular complexity index is 717. The van der Waals surface area contributed by atoms with E-state index in [9.17, 15) is 8.42 Å². The zero-order valence-electron chi connectivity index (χ0n) is 10.6. The summed E-state index contributed by atoms with van der Waals surface area (Å²) in [5.74, 6) is 5.55. The largest absolute Gasteiger partial charge is 0.308 e. The van der Waals surface area contributed by atoms with Crippen LogP contribution in [0.1, 0.15) is 5.56 Å². The predicted octanol–water partition coefficient (Wildman–Crippen LogP) is 2.13. The monoisotopic (exact) mass is 312 g/mol. The molecule has 0 aliphatic heterocycles. The first-order chi connectivity index (χ1) is 9.42. The maximum absolute atomic E-state index is 12.2. The minimum atomic E-state index is -3.72. The molecular weight excluding hydrogens is 300 g/mol. The lowest BCUT2D eigenvalue weighted by Gasteiger charge is -2.11. The molecule has 106 valence electrons. The molecule has 20 heavy (non-hydrogen) atoms. The molecule has 1 aromatic carbocycles. The average Bonchev–Trinajstić information content (AvgIpc) is 2.43. The van der Waals surface area contributed by atoms with Gasteiger partial charge in [-0.25, -0.2) is 19.2 Å². The van der Waals surface area contributed by atoms with Crippen molar-refractivity contribution >= 4 is 33.1 Å². The van der Waals surface area contributed by atoms with Crippen LogP contribution in [0, 0.1) is 6.92 Å². The molecule has 0 spiro atoms. The summed E-state index contributed by atoms with van der Waals surface area (Å²) in [6.45, 7) is 1.79. The molecule has 6 nitrogen and oxygen atoms in total. The molecule has 0 radical (unpaired) electrons. The molecule has 2 aromatic rings. The Kier molecular flexibility index (Phi) is 4.12. The highest BCUT2D eigenvalue weighted by atomic mass is 35.5. The third-order valence-electron chi connectivity index (χ3n) is 2.64. The van der Waals surface area contributed by atoms with Gasteiger partial charge in [0, 0.05) is 11.2 Å². The van der Waals surface area contributed by atoms with Crippen LogP contribution in [0.3, 0.4) is 0 Å². The summed E-state index contributed by atoms with van der Waals surface area (Å²) in [5.41, 5.74) is 3.53. The second kappa shape index (κ2) is 5.66. The van der Waals surface area contributed by atoms with Crippen molar-refractivity contribution in [3.8, 4) is 0 Å². The molecule has 0 fully saturated rings. The van der Waals surface area contributed by atoms with Gasteiger partial charge in [-0.2, -0.15) is 0 Å². The van der Waals surface area contributed by atoms with Crippen LogP contribution in [0.25, 0.3) is 0 Å². The van der Waals surface area contributed by atoms with Gasteiger partial charge in [0.15, 0.2) is 0 Å². The van der Waals surface area contributed by atoms with Gasteiger partial charge in [-0.1, -0.05) is 17.7 Å². The Morgan fingerprint density at radius 1 is 1.25 bits per heavy atom. The number of sulfonamides is 1. The third-order valence-corrected chi connectivity index (χ3v) is 4.22. The van der Waals surface area contributed by atoms with Crippen LogP contribution >= 0.6 is 11.6 Å². The van der Waals surface area contributed by atoms with E-state index >= 15 is 0 Å². The summed E-state index contributed by atoms with van der Waals surface area (Å²) in [6.07, 6.45) is 1.22. The van der Waals surface area contributed by atoms with Gasteiger partial charge in [0.05, 0.1) is 5.69 Å². The number of nitrogens with zero attached hydrogens (tertiary/aromatic N) is 1. The number of rotatable bonds is 4. The first-order valence-electron chi connectivity index (χ1n) is 5.64. The Labute approximate surface area is 122 Å². The second-order valence-electron chi connectivity index (χ2n) is 4.09.